The fraction of sp³-hybridized carbons (Fsp3) is 0.269. The number of hydrazone groups is 1. The Balaban J connectivity index is 1.44. The van der Waals surface area contributed by atoms with E-state index in [0.29, 0.717) is 35.6 Å². The molecule has 1 heterocycles. The van der Waals surface area contributed by atoms with E-state index in [1.54, 1.807) is 60.5 Å². The van der Waals surface area contributed by atoms with E-state index >= 15 is 0 Å². The van der Waals surface area contributed by atoms with Crippen LogP contribution in [-0.2, 0) is 26.0 Å². The number of nitrogens with one attached hydrogen (secondary N) is 1. The van der Waals surface area contributed by atoms with Crippen LogP contribution < -0.4 is 20.6 Å². The smallest absolute Gasteiger partial charge is 0.341 e. The summed E-state index contributed by atoms with van der Waals surface area (Å²) in [4.78, 5) is 25.7. The molecule has 3 aromatic rings. The Labute approximate surface area is 219 Å². The second-order valence-electron chi connectivity index (χ2n) is 8.77. The van der Waals surface area contributed by atoms with Gasteiger partial charge in [0, 0.05) is 18.7 Å². The van der Waals surface area contributed by atoms with Crippen LogP contribution in [0.3, 0.4) is 0 Å². The van der Waals surface area contributed by atoms with Gasteiger partial charge in [-0.3, -0.25) is 10.1 Å². The van der Waals surface area contributed by atoms with Gasteiger partial charge in [0.1, 0.15) is 17.4 Å². The Bertz CT molecular complexity index is 1490. The van der Waals surface area contributed by atoms with Crippen LogP contribution in [0.15, 0.2) is 64.6 Å². The Morgan fingerprint density at radius 1 is 1.18 bits per heavy atom. The summed E-state index contributed by atoms with van der Waals surface area (Å²) >= 11 is 0. The first-order chi connectivity index (χ1) is 18.2. The fourth-order valence-corrected chi connectivity index (χ4v) is 5.45. The highest BCUT2D eigenvalue weighted by Crippen LogP contribution is 2.26. The molecule has 1 saturated heterocycles. The minimum atomic E-state index is -3.72. The number of sulfone groups is 1. The summed E-state index contributed by atoms with van der Waals surface area (Å²) in [5.74, 6) is 4.39. The second-order valence-corrected chi connectivity index (χ2v) is 10.8. The van der Waals surface area contributed by atoms with Crippen molar-refractivity contribution in [3.8, 4) is 11.5 Å². The standard InChI is InChI=1S/C26H28N4O7S/c1-36-21-5-3-18-4-6-22(12-19(18)11-21)38(34,35)16-28-23-8-9-30(26(23)33)14-20-10-17(13-29-27)2-7-24(20)37-15-25(31)32/h2-7,10-13,23,28H,8-9,14-16,27H2,1H3,(H,31,32). The third-order valence-corrected chi connectivity index (χ3v) is 7.73. The number of likely N-dealkylation sites (tertiary alicyclic amines) is 1. The Hall–Kier alpha value is -4.16. The van der Waals surface area contributed by atoms with E-state index < -0.39 is 34.3 Å². The number of hydrogen-bond acceptors (Lipinski definition) is 9. The molecule has 38 heavy (non-hydrogen) atoms. The number of ether oxygens (including phenoxy) is 2. The van der Waals surface area contributed by atoms with Crippen molar-refractivity contribution in [2.24, 2.45) is 10.9 Å². The zero-order valence-corrected chi connectivity index (χ0v) is 21.5. The summed E-state index contributed by atoms with van der Waals surface area (Å²) in [7, 11) is -2.17. The SMILES string of the molecule is COc1ccc2ccc(S(=O)(=O)CNC3CCN(Cc4cc(C=NN)ccc4OCC(=O)O)C3=O)cc2c1. The molecule has 12 heteroatoms. The van der Waals surface area contributed by atoms with E-state index in [1.807, 2.05) is 6.07 Å². The van der Waals surface area contributed by atoms with Gasteiger partial charge in [-0.25, -0.2) is 13.2 Å². The highest BCUT2D eigenvalue weighted by Gasteiger charge is 2.33. The van der Waals surface area contributed by atoms with Crippen LogP contribution >= 0.6 is 0 Å². The normalized spacial score (nSPS) is 15.9. The van der Waals surface area contributed by atoms with Crippen molar-refractivity contribution in [2.75, 3.05) is 26.1 Å². The summed E-state index contributed by atoms with van der Waals surface area (Å²) in [5, 5.41) is 17.0. The lowest BCUT2D eigenvalue weighted by molar-refractivity contribution is -0.139. The molecule has 1 fully saturated rings. The van der Waals surface area contributed by atoms with Crippen LogP contribution in [0.5, 0.6) is 11.5 Å². The van der Waals surface area contributed by atoms with Gasteiger partial charge < -0.3 is 25.3 Å². The van der Waals surface area contributed by atoms with Crippen molar-refractivity contribution in [2.45, 2.75) is 23.9 Å². The third-order valence-electron chi connectivity index (χ3n) is 6.22. The van der Waals surface area contributed by atoms with E-state index in [-0.39, 0.29) is 17.3 Å². The molecule has 1 aliphatic heterocycles. The van der Waals surface area contributed by atoms with Crippen LogP contribution in [0.2, 0.25) is 0 Å². The second kappa shape index (κ2) is 11.5. The zero-order valence-electron chi connectivity index (χ0n) is 20.7. The number of carbonyl (C=O) groups excluding carboxylic acids is 1. The number of methoxy groups -OCH3 is 1. The number of carboxylic acids is 1. The van der Waals surface area contributed by atoms with E-state index in [1.165, 1.54) is 6.21 Å². The maximum absolute atomic E-state index is 13.1. The number of aliphatic carboxylic acids is 1. The van der Waals surface area contributed by atoms with E-state index in [2.05, 4.69) is 10.4 Å². The topological polar surface area (TPSA) is 161 Å². The Kier molecular flexibility index (Phi) is 8.13. The number of carbonyl (C=O) groups is 2. The highest BCUT2D eigenvalue weighted by molar-refractivity contribution is 7.91. The minimum absolute atomic E-state index is 0.145. The third kappa shape index (κ3) is 6.21. The number of rotatable bonds is 11. The largest absolute Gasteiger partial charge is 0.497 e. The molecule has 1 atom stereocenters. The predicted octanol–water partition coefficient (Wildman–Crippen LogP) is 1.73. The zero-order chi connectivity index (χ0) is 27.3. The summed E-state index contributed by atoms with van der Waals surface area (Å²) in [6.07, 6.45) is 1.84. The lowest BCUT2D eigenvalue weighted by Crippen LogP contribution is -2.40. The van der Waals surface area contributed by atoms with Gasteiger partial charge in [-0.05, 0) is 65.2 Å². The molecule has 0 aromatic heterocycles. The van der Waals surface area contributed by atoms with Gasteiger partial charge in [-0.15, -0.1) is 0 Å². The molecule has 0 aliphatic carbocycles. The van der Waals surface area contributed by atoms with Crippen molar-refractivity contribution in [3.63, 3.8) is 0 Å². The lowest BCUT2D eigenvalue weighted by atomic mass is 10.1. The van der Waals surface area contributed by atoms with Gasteiger partial charge in [-0.2, -0.15) is 5.10 Å². The first-order valence-corrected chi connectivity index (χ1v) is 13.4. The number of fused-ring (bicyclic) bond motifs is 1. The monoisotopic (exact) mass is 540 g/mol. The maximum atomic E-state index is 13.1. The van der Waals surface area contributed by atoms with E-state index in [4.69, 9.17) is 20.4 Å². The van der Waals surface area contributed by atoms with Gasteiger partial charge in [0.25, 0.3) is 0 Å². The highest BCUT2D eigenvalue weighted by atomic mass is 32.2. The maximum Gasteiger partial charge on any atom is 0.341 e. The summed E-state index contributed by atoms with van der Waals surface area (Å²) in [6, 6.07) is 14.6. The molecule has 4 N–H and O–H groups in total. The Morgan fingerprint density at radius 3 is 2.71 bits per heavy atom. The molecule has 11 nitrogen and oxygen atoms in total. The number of benzene rings is 3. The molecule has 4 rings (SSSR count). The van der Waals surface area contributed by atoms with Crippen LogP contribution in [0.4, 0.5) is 0 Å². The molecule has 0 bridgehead atoms. The quantitative estimate of drug-likeness (QED) is 0.187. The van der Waals surface area contributed by atoms with Crippen molar-refractivity contribution >= 4 is 38.7 Å². The van der Waals surface area contributed by atoms with Crippen molar-refractivity contribution < 1.29 is 32.6 Å². The van der Waals surface area contributed by atoms with E-state index in [9.17, 15) is 18.0 Å². The number of nitrogens with zero attached hydrogens (tertiary/aromatic N) is 2. The Morgan fingerprint density at radius 2 is 1.97 bits per heavy atom. The summed E-state index contributed by atoms with van der Waals surface area (Å²) in [5.41, 5.74) is 1.24. The number of carboxylic acid groups (broad SMARTS) is 1. The van der Waals surface area contributed by atoms with Crippen molar-refractivity contribution in [1.82, 2.24) is 10.2 Å². The van der Waals surface area contributed by atoms with Crippen LogP contribution in [0.25, 0.3) is 10.8 Å². The van der Waals surface area contributed by atoms with Gasteiger partial charge in [0.2, 0.25) is 5.91 Å². The van der Waals surface area contributed by atoms with E-state index in [0.717, 1.165) is 10.8 Å². The average molecular weight is 541 g/mol. The van der Waals surface area contributed by atoms with Crippen molar-refractivity contribution in [1.29, 1.82) is 0 Å². The van der Waals surface area contributed by atoms with Gasteiger partial charge in [0.15, 0.2) is 16.4 Å². The number of hydrogen-bond donors (Lipinski definition) is 3. The molecular formula is C26H28N4O7S. The predicted molar refractivity (Wildman–Crippen MR) is 141 cm³/mol. The van der Waals surface area contributed by atoms with Crippen LogP contribution in [-0.4, -0.2) is 68.7 Å². The molecule has 0 spiro atoms. The van der Waals surface area contributed by atoms with Gasteiger partial charge in [0.05, 0.1) is 24.3 Å². The van der Waals surface area contributed by atoms with Gasteiger partial charge >= 0.3 is 5.97 Å². The lowest BCUT2D eigenvalue weighted by Gasteiger charge is -2.19. The molecule has 1 aliphatic rings. The minimum Gasteiger partial charge on any atom is -0.497 e. The fourth-order valence-electron chi connectivity index (χ4n) is 4.28. The molecule has 200 valence electrons. The van der Waals surface area contributed by atoms with Gasteiger partial charge in [-0.1, -0.05) is 12.1 Å². The first kappa shape index (κ1) is 26.9. The summed E-state index contributed by atoms with van der Waals surface area (Å²) < 4.78 is 36.7. The number of nitrogens with two attached hydrogens (primary N) is 1. The first-order valence-electron chi connectivity index (χ1n) is 11.7. The van der Waals surface area contributed by atoms with Crippen LogP contribution in [0.1, 0.15) is 17.5 Å². The number of amides is 1. The summed E-state index contributed by atoms with van der Waals surface area (Å²) in [6.45, 7) is 0.00618. The molecule has 1 unspecified atom stereocenters. The average Bonchev–Trinajstić information content (AvgIpc) is 3.25. The molecule has 0 radical (unpaired) electrons. The molecular weight excluding hydrogens is 512 g/mol. The van der Waals surface area contributed by atoms with Crippen molar-refractivity contribution in [3.05, 3.63) is 65.7 Å². The molecule has 3 aromatic carbocycles. The van der Waals surface area contributed by atoms with Crippen LogP contribution in [0, 0.1) is 0 Å². The molecule has 0 saturated carbocycles. The molecule has 1 amide bonds.